The van der Waals surface area contributed by atoms with Crippen LogP contribution in [-0.4, -0.2) is 18.0 Å². The van der Waals surface area contributed by atoms with Gasteiger partial charge in [0.25, 0.3) is 0 Å². The van der Waals surface area contributed by atoms with E-state index in [1.165, 1.54) is 12.1 Å². The van der Waals surface area contributed by atoms with Crippen molar-refractivity contribution < 1.29 is 9.18 Å². The van der Waals surface area contributed by atoms with Gasteiger partial charge in [0.05, 0.1) is 11.3 Å². The molecule has 0 bridgehead atoms. The molecule has 0 aromatic heterocycles. The second kappa shape index (κ2) is 5.05. The summed E-state index contributed by atoms with van der Waals surface area (Å²) in [4.78, 5) is 11.7. The number of nitrogens with zero attached hydrogens (tertiary/aromatic N) is 1. The average molecular weight is 247 g/mol. The van der Waals surface area contributed by atoms with Gasteiger partial charge in [-0.1, -0.05) is 0 Å². The molecule has 1 amide bonds. The van der Waals surface area contributed by atoms with Crippen molar-refractivity contribution in [2.24, 2.45) is 0 Å². The molecule has 0 spiro atoms. The molecule has 0 radical (unpaired) electrons. The van der Waals surface area contributed by atoms with Gasteiger partial charge < -0.3 is 10.6 Å². The molecule has 1 saturated carbocycles. The molecule has 5 heteroatoms. The summed E-state index contributed by atoms with van der Waals surface area (Å²) in [5.74, 6) is -0.571. The van der Waals surface area contributed by atoms with Crippen LogP contribution in [0.1, 0.15) is 25.3 Å². The summed E-state index contributed by atoms with van der Waals surface area (Å²) < 4.78 is 13.0. The molecular formula is C13H14FN3O. The van der Waals surface area contributed by atoms with Crippen LogP contribution < -0.4 is 10.6 Å². The van der Waals surface area contributed by atoms with Crippen LogP contribution in [0.4, 0.5) is 10.1 Å². The SMILES string of the molecule is CC(Nc1ccc(F)cc1C#N)C(=O)NC1CC1. The van der Waals surface area contributed by atoms with E-state index >= 15 is 0 Å². The van der Waals surface area contributed by atoms with Gasteiger partial charge in [0.2, 0.25) is 5.91 Å². The molecule has 0 aliphatic heterocycles. The number of halogens is 1. The van der Waals surface area contributed by atoms with Crippen LogP contribution in [0.25, 0.3) is 0 Å². The third-order valence-electron chi connectivity index (χ3n) is 2.79. The molecule has 4 nitrogen and oxygen atoms in total. The second-order valence-corrected chi connectivity index (χ2v) is 4.45. The zero-order chi connectivity index (χ0) is 13.1. The normalized spacial score (nSPS) is 15.6. The molecule has 1 aromatic carbocycles. The highest BCUT2D eigenvalue weighted by Gasteiger charge is 2.25. The molecule has 1 fully saturated rings. The topological polar surface area (TPSA) is 64.9 Å². The Kier molecular flexibility index (Phi) is 3.47. The quantitative estimate of drug-likeness (QED) is 0.852. The van der Waals surface area contributed by atoms with E-state index in [4.69, 9.17) is 5.26 Å². The smallest absolute Gasteiger partial charge is 0.242 e. The van der Waals surface area contributed by atoms with Crippen LogP contribution in [0.3, 0.4) is 0 Å². The largest absolute Gasteiger partial charge is 0.373 e. The summed E-state index contributed by atoms with van der Waals surface area (Å²) in [6, 6.07) is 5.61. The van der Waals surface area contributed by atoms with Gasteiger partial charge in [0.15, 0.2) is 0 Å². The number of carbonyl (C=O) groups excluding carboxylic acids is 1. The molecule has 1 aromatic rings. The van der Waals surface area contributed by atoms with E-state index in [1.807, 2.05) is 6.07 Å². The van der Waals surface area contributed by atoms with E-state index in [0.717, 1.165) is 18.9 Å². The zero-order valence-corrected chi connectivity index (χ0v) is 10.0. The van der Waals surface area contributed by atoms with E-state index in [2.05, 4.69) is 10.6 Å². The number of anilines is 1. The first kappa shape index (κ1) is 12.4. The monoisotopic (exact) mass is 247 g/mol. The number of amides is 1. The number of hydrogen-bond acceptors (Lipinski definition) is 3. The molecule has 0 heterocycles. The molecule has 2 N–H and O–H groups in total. The van der Waals surface area contributed by atoms with Gasteiger partial charge in [-0.25, -0.2) is 4.39 Å². The summed E-state index contributed by atoms with van der Waals surface area (Å²) in [6.45, 7) is 1.71. The fourth-order valence-electron chi connectivity index (χ4n) is 1.59. The second-order valence-electron chi connectivity index (χ2n) is 4.45. The van der Waals surface area contributed by atoms with Crippen LogP contribution in [0.15, 0.2) is 18.2 Å². The number of rotatable bonds is 4. The van der Waals surface area contributed by atoms with Crippen molar-refractivity contribution in [3.63, 3.8) is 0 Å². The van der Waals surface area contributed by atoms with Crippen LogP contribution >= 0.6 is 0 Å². The maximum absolute atomic E-state index is 13.0. The number of carbonyl (C=O) groups is 1. The van der Waals surface area contributed by atoms with Crippen molar-refractivity contribution in [3.05, 3.63) is 29.6 Å². The van der Waals surface area contributed by atoms with Gasteiger partial charge in [-0.3, -0.25) is 4.79 Å². The Bertz CT molecular complexity index is 505. The lowest BCUT2D eigenvalue weighted by Crippen LogP contribution is -2.38. The predicted molar refractivity (Wildman–Crippen MR) is 65.4 cm³/mol. The minimum atomic E-state index is -0.466. The number of hydrogen-bond donors (Lipinski definition) is 2. The highest BCUT2D eigenvalue weighted by molar-refractivity contribution is 5.85. The summed E-state index contributed by atoms with van der Waals surface area (Å²) in [5.41, 5.74) is 0.665. The van der Waals surface area contributed by atoms with Crippen LogP contribution in [0.2, 0.25) is 0 Å². The summed E-state index contributed by atoms with van der Waals surface area (Å²) in [6.07, 6.45) is 2.05. The fourth-order valence-corrected chi connectivity index (χ4v) is 1.59. The molecule has 1 atom stereocenters. The minimum Gasteiger partial charge on any atom is -0.373 e. The van der Waals surface area contributed by atoms with E-state index in [-0.39, 0.29) is 11.5 Å². The van der Waals surface area contributed by atoms with E-state index in [0.29, 0.717) is 11.7 Å². The zero-order valence-electron chi connectivity index (χ0n) is 10.0. The maximum Gasteiger partial charge on any atom is 0.242 e. The highest BCUT2D eigenvalue weighted by atomic mass is 19.1. The first-order valence-electron chi connectivity index (χ1n) is 5.86. The lowest BCUT2D eigenvalue weighted by molar-refractivity contribution is -0.121. The van der Waals surface area contributed by atoms with E-state index < -0.39 is 11.9 Å². The molecule has 2 rings (SSSR count). The van der Waals surface area contributed by atoms with Crippen LogP contribution in [-0.2, 0) is 4.79 Å². The van der Waals surface area contributed by atoms with E-state index in [1.54, 1.807) is 6.92 Å². The molecular weight excluding hydrogens is 233 g/mol. The standard InChI is InChI=1S/C13H14FN3O/c1-8(13(18)17-11-3-4-11)16-12-5-2-10(14)6-9(12)7-15/h2,5-6,8,11,16H,3-4H2,1H3,(H,17,18). The molecule has 1 aliphatic rings. The van der Waals surface area contributed by atoms with Gasteiger partial charge >= 0.3 is 0 Å². The lowest BCUT2D eigenvalue weighted by Gasteiger charge is -2.15. The molecule has 1 unspecified atom stereocenters. The van der Waals surface area contributed by atoms with Crippen molar-refractivity contribution in [2.45, 2.75) is 31.8 Å². The van der Waals surface area contributed by atoms with Gasteiger partial charge in [0, 0.05) is 6.04 Å². The first-order valence-corrected chi connectivity index (χ1v) is 5.86. The first-order chi connectivity index (χ1) is 8.60. The molecule has 94 valence electrons. The van der Waals surface area contributed by atoms with Crippen LogP contribution in [0, 0.1) is 17.1 Å². The molecule has 1 aliphatic carbocycles. The van der Waals surface area contributed by atoms with Crippen molar-refractivity contribution in [3.8, 4) is 6.07 Å². The third-order valence-corrected chi connectivity index (χ3v) is 2.79. The Morgan fingerprint density at radius 3 is 2.89 bits per heavy atom. The number of benzene rings is 1. The maximum atomic E-state index is 13.0. The average Bonchev–Trinajstić information content (AvgIpc) is 3.15. The van der Waals surface area contributed by atoms with Gasteiger partial charge in [-0.2, -0.15) is 5.26 Å². The third kappa shape index (κ3) is 2.98. The van der Waals surface area contributed by atoms with Crippen molar-refractivity contribution >= 4 is 11.6 Å². The van der Waals surface area contributed by atoms with Gasteiger partial charge in [-0.05, 0) is 38.0 Å². The Balaban J connectivity index is 2.03. The number of nitriles is 1. The highest BCUT2D eigenvalue weighted by Crippen LogP contribution is 2.20. The number of nitrogens with one attached hydrogen (secondary N) is 2. The summed E-state index contributed by atoms with van der Waals surface area (Å²) >= 11 is 0. The fraction of sp³-hybridized carbons (Fsp3) is 0.385. The van der Waals surface area contributed by atoms with Crippen molar-refractivity contribution in [1.29, 1.82) is 5.26 Å². The Labute approximate surface area is 105 Å². The lowest BCUT2D eigenvalue weighted by atomic mass is 10.1. The minimum absolute atomic E-state index is 0.106. The molecule has 0 saturated heterocycles. The Morgan fingerprint density at radius 1 is 1.56 bits per heavy atom. The Morgan fingerprint density at radius 2 is 2.28 bits per heavy atom. The predicted octanol–water partition coefficient (Wildman–Crippen LogP) is 1.78. The van der Waals surface area contributed by atoms with Crippen molar-refractivity contribution in [2.75, 3.05) is 5.32 Å². The summed E-state index contributed by atoms with van der Waals surface area (Å²) in [5, 5.41) is 14.7. The summed E-state index contributed by atoms with van der Waals surface area (Å²) in [7, 11) is 0. The van der Waals surface area contributed by atoms with Crippen molar-refractivity contribution in [1.82, 2.24) is 5.32 Å². The van der Waals surface area contributed by atoms with Crippen LogP contribution in [0.5, 0.6) is 0 Å². The van der Waals surface area contributed by atoms with Gasteiger partial charge in [-0.15, -0.1) is 0 Å². The Hall–Kier alpha value is -2.09. The van der Waals surface area contributed by atoms with E-state index in [9.17, 15) is 9.18 Å². The molecule has 18 heavy (non-hydrogen) atoms. The van der Waals surface area contributed by atoms with Gasteiger partial charge in [0.1, 0.15) is 17.9 Å².